The predicted octanol–water partition coefficient (Wildman–Crippen LogP) is 4.48. The summed E-state index contributed by atoms with van der Waals surface area (Å²) in [5, 5.41) is 4.46. The first-order chi connectivity index (χ1) is 17.7. The highest BCUT2D eigenvalue weighted by Crippen LogP contribution is 2.43. The molecule has 1 fully saturated rings. The summed E-state index contributed by atoms with van der Waals surface area (Å²) in [6, 6.07) is 17.9. The maximum atomic E-state index is 11.8. The molecule has 190 valence electrons. The van der Waals surface area contributed by atoms with Gasteiger partial charge < -0.3 is 19.5 Å². The lowest BCUT2D eigenvalue weighted by molar-refractivity contribution is 0.417. The SMILES string of the molecule is COc1cc(N2C(=S)N[C@H](c3ccccn3)[C@H]2c2cccn2-c2ccc(Cl)cn2)ccc1NS(C)(=O)=O. The van der Waals surface area contributed by atoms with Crippen LogP contribution in [-0.2, 0) is 10.0 Å². The van der Waals surface area contributed by atoms with Gasteiger partial charge in [-0.15, -0.1) is 0 Å². The van der Waals surface area contributed by atoms with Gasteiger partial charge in [0.1, 0.15) is 17.6 Å². The van der Waals surface area contributed by atoms with E-state index in [1.54, 1.807) is 36.7 Å². The van der Waals surface area contributed by atoms with Crippen LogP contribution >= 0.6 is 23.8 Å². The molecule has 1 saturated heterocycles. The molecule has 4 heterocycles. The van der Waals surface area contributed by atoms with Crippen molar-refractivity contribution in [2.75, 3.05) is 23.0 Å². The van der Waals surface area contributed by atoms with E-state index in [4.69, 9.17) is 28.6 Å². The molecule has 4 aromatic rings. The third-order valence-corrected chi connectivity index (χ3v) is 7.03. The lowest BCUT2D eigenvalue weighted by atomic mass is 10.0. The molecule has 1 aromatic carbocycles. The van der Waals surface area contributed by atoms with Crippen LogP contribution in [0.3, 0.4) is 0 Å². The van der Waals surface area contributed by atoms with Gasteiger partial charge in [-0.25, -0.2) is 13.4 Å². The van der Waals surface area contributed by atoms with E-state index in [0.29, 0.717) is 33.1 Å². The van der Waals surface area contributed by atoms with Gasteiger partial charge in [0.25, 0.3) is 0 Å². The molecule has 2 atom stereocenters. The minimum absolute atomic E-state index is 0.283. The summed E-state index contributed by atoms with van der Waals surface area (Å²) in [6.07, 6.45) is 6.37. The number of methoxy groups -OCH3 is 1. The van der Waals surface area contributed by atoms with E-state index in [1.807, 2.05) is 52.1 Å². The Kier molecular flexibility index (Phi) is 6.76. The monoisotopic (exact) mass is 554 g/mol. The van der Waals surface area contributed by atoms with Gasteiger partial charge >= 0.3 is 0 Å². The lowest BCUT2D eigenvalue weighted by Gasteiger charge is -2.29. The molecule has 0 spiro atoms. The Bertz CT molecular complexity index is 1540. The minimum Gasteiger partial charge on any atom is -0.494 e. The number of rotatable bonds is 7. The second-order valence-electron chi connectivity index (χ2n) is 8.39. The largest absolute Gasteiger partial charge is 0.494 e. The summed E-state index contributed by atoms with van der Waals surface area (Å²) < 4.78 is 33.6. The first-order valence-corrected chi connectivity index (χ1v) is 13.9. The van der Waals surface area contributed by atoms with Crippen molar-refractivity contribution in [3.05, 3.63) is 95.7 Å². The van der Waals surface area contributed by atoms with Crippen molar-refractivity contribution in [2.45, 2.75) is 12.1 Å². The number of nitrogens with zero attached hydrogens (tertiary/aromatic N) is 4. The number of anilines is 2. The third-order valence-electron chi connectivity index (χ3n) is 5.90. The van der Waals surface area contributed by atoms with Crippen LogP contribution < -0.4 is 19.7 Å². The van der Waals surface area contributed by atoms with E-state index in [9.17, 15) is 8.42 Å². The van der Waals surface area contributed by atoms with Crippen LogP contribution in [0.2, 0.25) is 5.02 Å². The number of nitrogens with one attached hydrogen (secondary N) is 2. The fourth-order valence-corrected chi connectivity index (χ4v) is 5.43. The summed E-state index contributed by atoms with van der Waals surface area (Å²) in [5.41, 5.74) is 2.78. The Morgan fingerprint density at radius 1 is 1.11 bits per heavy atom. The zero-order chi connectivity index (χ0) is 26.2. The normalized spacial score (nSPS) is 17.5. The highest BCUT2D eigenvalue weighted by molar-refractivity contribution is 7.92. The fourth-order valence-electron chi connectivity index (χ4n) is 4.40. The molecule has 0 unspecified atom stereocenters. The van der Waals surface area contributed by atoms with Crippen molar-refractivity contribution in [3.8, 4) is 11.6 Å². The van der Waals surface area contributed by atoms with E-state index in [0.717, 1.165) is 17.6 Å². The van der Waals surface area contributed by atoms with Gasteiger partial charge in [-0.1, -0.05) is 17.7 Å². The molecular weight excluding hydrogens is 532 g/mol. The summed E-state index contributed by atoms with van der Waals surface area (Å²) in [5.74, 6) is 1.06. The first-order valence-electron chi connectivity index (χ1n) is 11.2. The van der Waals surface area contributed by atoms with Crippen LogP contribution in [0.4, 0.5) is 11.4 Å². The average Bonchev–Trinajstić information content (AvgIpc) is 3.49. The number of hydrogen-bond acceptors (Lipinski definition) is 6. The van der Waals surface area contributed by atoms with Crippen LogP contribution in [0, 0.1) is 0 Å². The molecule has 1 aliphatic heterocycles. The summed E-state index contributed by atoms with van der Waals surface area (Å²) in [4.78, 5) is 11.1. The number of thiocarbonyl (C=S) groups is 1. The Balaban J connectivity index is 1.64. The van der Waals surface area contributed by atoms with E-state index in [1.165, 1.54) is 7.11 Å². The molecule has 0 amide bonds. The third kappa shape index (κ3) is 5.10. The minimum atomic E-state index is -3.49. The predicted molar refractivity (Wildman–Crippen MR) is 148 cm³/mol. The van der Waals surface area contributed by atoms with Gasteiger partial charge in [-0.05, 0) is 60.7 Å². The second-order valence-corrected chi connectivity index (χ2v) is 11.0. The second kappa shape index (κ2) is 10.0. The van der Waals surface area contributed by atoms with Crippen molar-refractivity contribution >= 4 is 50.3 Å². The molecule has 0 aliphatic carbocycles. The number of hydrogen-bond donors (Lipinski definition) is 2. The van der Waals surface area contributed by atoms with E-state index < -0.39 is 10.0 Å². The number of pyridine rings is 2. The topological polar surface area (TPSA) is 101 Å². The zero-order valence-electron chi connectivity index (χ0n) is 19.9. The van der Waals surface area contributed by atoms with Crippen molar-refractivity contribution < 1.29 is 13.2 Å². The van der Waals surface area contributed by atoms with Gasteiger partial charge in [0, 0.05) is 36.0 Å². The van der Waals surface area contributed by atoms with Crippen molar-refractivity contribution in [1.29, 1.82) is 0 Å². The number of benzene rings is 1. The highest BCUT2D eigenvalue weighted by atomic mass is 35.5. The molecular formula is C25H23ClN6O3S2. The smallest absolute Gasteiger partial charge is 0.229 e. The highest BCUT2D eigenvalue weighted by Gasteiger charge is 2.42. The van der Waals surface area contributed by atoms with Crippen LogP contribution in [0.1, 0.15) is 23.5 Å². The van der Waals surface area contributed by atoms with Gasteiger partial charge in [0.15, 0.2) is 5.11 Å². The maximum Gasteiger partial charge on any atom is 0.229 e. The Hall–Kier alpha value is -3.67. The van der Waals surface area contributed by atoms with Crippen LogP contribution in [0.25, 0.3) is 5.82 Å². The summed E-state index contributed by atoms with van der Waals surface area (Å²) in [7, 11) is -2.01. The Morgan fingerprint density at radius 2 is 1.95 bits per heavy atom. The summed E-state index contributed by atoms with van der Waals surface area (Å²) in [6.45, 7) is 0. The number of ether oxygens (including phenoxy) is 1. The average molecular weight is 555 g/mol. The number of aromatic nitrogens is 3. The fraction of sp³-hybridized carbons (Fsp3) is 0.160. The van der Waals surface area contributed by atoms with Gasteiger partial charge in [0.05, 0.1) is 35.8 Å². The van der Waals surface area contributed by atoms with Gasteiger partial charge in [-0.3, -0.25) is 9.71 Å². The molecule has 2 N–H and O–H groups in total. The molecule has 3 aromatic heterocycles. The Labute approximate surface area is 225 Å². The van der Waals surface area contributed by atoms with E-state index in [2.05, 4.69) is 20.0 Å². The van der Waals surface area contributed by atoms with Crippen LogP contribution in [0.15, 0.2) is 79.3 Å². The van der Waals surface area contributed by atoms with Crippen molar-refractivity contribution in [1.82, 2.24) is 19.9 Å². The molecule has 0 radical (unpaired) electrons. The zero-order valence-corrected chi connectivity index (χ0v) is 22.3. The van der Waals surface area contributed by atoms with Gasteiger partial charge in [0.2, 0.25) is 10.0 Å². The molecule has 37 heavy (non-hydrogen) atoms. The quantitative estimate of drug-likeness (QED) is 0.323. The number of sulfonamides is 1. The van der Waals surface area contributed by atoms with Gasteiger partial charge in [-0.2, -0.15) is 0 Å². The molecule has 1 aliphatic rings. The standard InChI is InChI=1S/C25H23ClN6O3S2/c1-35-21-14-17(9-10-18(21)30-37(2,33)34)32-24(23(29-25(32)36)19-6-3-4-12-27-19)20-7-5-13-31(20)22-11-8-16(26)15-28-22/h3-15,23-24,30H,1-2H3,(H,29,36)/t23-,24-/m1/s1. The van der Waals surface area contributed by atoms with Crippen LogP contribution in [-0.4, -0.2) is 41.4 Å². The number of halogens is 1. The van der Waals surface area contributed by atoms with Crippen molar-refractivity contribution in [2.24, 2.45) is 0 Å². The van der Waals surface area contributed by atoms with Crippen LogP contribution in [0.5, 0.6) is 5.75 Å². The lowest BCUT2D eigenvalue weighted by Crippen LogP contribution is -2.30. The molecule has 12 heteroatoms. The van der Waals surface area contributed by atoms with Crippen molar-refractivity contribution in [3.63, 3.8) is 0 Å². The molecule has 9 nitrogen and oxygen atoms in total. The molecule has 5 rings (SSSR count). The summed E-state index contributed by atoms with van der Waals surface area (Å²) >= 11 is 11.9. The maximum absolute atomic E-state index is 11.8. The van der Waals surface area contributed by atoms with E-state index >= 15 is 0 Å². The Morgan fingerprint density at radius 3 is 2.62 bits per heavy atom. The first kappa shape index (κ1) is 25.0. The molecule has 0 bridgehead atoms. The molecule has 0 saturated carbocycles. The van der Waals surface area contributed by atoms with E-state index in [-0.39, 0.29) is 12.1 Å².